The molecule has 0 aliphatic heterocycles. The first kappa shape index (κ1) is 11.6. The molecule has 0 saturated heterocycles. The topological polar surface area (TPSA) is 59.2 Å². The van der Waals surface area contributed by atoms with Crippen molar-refractivity contribution in [3.8, 4) is 5.75 Å². The third kappa shape index (κ3) is 2.33. The van der Waals surface area contributed by atoms with Crippen molar-refractivity contribution in [1.29, 1.82) is 0 Å². The Labute approximate surface area is 87.8 Å². The van der Waals surface area contributed by atoms with Crippen LogP contribution in [-0.2, 0) is 0 Å². The Morgan fingerprint density at radius 1 is 1.60 bits per heavy atom. The number of hydrogen-bond donors (Lipinski definition) is 1. The first-order valence-electron chi connectivity index (χ1n) is 3.76. The summed E-state index contributed by atoms with van der Waals surface area (Å²) < 4.78 is 29.4. The van der Waals surface area contributed by atoms with Gasteiger partial charge in [-0.15, -0.1) is 0 Å². The summed E-state index contributed by atoms with van der Waals surface area (Å²) >= 11 is 5.05. The summed E-state index contributed by atoms with van der Waals surface area (Å²) in [5.41, 5.74) is -1.97. The minimum Gasteiger partial charge on any atom is -0.491 e. The number of carbonyl (C=O) groups is 1. The highest BCUT2D eigenvalue weighted by Gasteiger charge is 2.20. The molecular weight excluding hydrogens is 232 g/mol. The molecule has 0 aromatic carbocycles. The van der Waals surface area contributed by atoms with E-state index < -0.39 is 34.2 Å². The molecule has 82 valence electrons. The summed E-state index contributed by atoms with van der Waals surface area (Å²) in [5, 5.41) is -1.02. The van der Waals surface area contributed by atoms with Crippen molar-refractivity contribution in [3.05, 3.63) is 27.7 Å². The number of carbonyl (C=O) groups excluding carboxylic acids is 1. The maximum Gasteiger partial charge on any atom is 0.282 e. The van der Waals surface area contributed by atoms with Gasteiger partial charge in [-0.3, -0.25) is 9.59 Å². The van der Waals surface area contributed by atoms with Crippen LogP contribution in [0.1, 0.15) is 22.6 Å². The molecule has 0 amide bonds. The number of rotatable bonds is 3. The molecule has 15 heavy (non-hydrogen) atoms. The molecule has 0 fully saturated rings. The SMILES string of the molecule is COc1c(C(F)F)[nH]c(C(=O)Cl)cc1=O. The van der Waals surface area contributed by atoms with Crippen molar-refractivity contribution >= 4 is 16.8 Å². The number of nitrogens with one attached hydrogen (secondary N) is 1. The van der Waals surface area contributed by atoms with Crippen LogP contribution in [0.4, 0.5) is 8.78 Å². The van der Waals surface area contributed by atoms with Crippen molar-refractivity contribution in [2.45, 2.75) is 6.43 Å². The fraction of sp³-hybridized carbons (Fsp3) is 0.250. The number of aromatic amines is 1. The summed E-state index contributed by atoms with van der Waals surface area (Å²) in [6.07, 6.45) is -2.95. The van der Waals surface area contributed by atoms with Gasteiger partial charge in [0.15, 0.2) is 5.75 Å². The highest BCUT2D eigenvalue weighted by molar-refractivity contribution is 6.67. The first-order valence-corrected chi connectivity index (χ1v) is 4.14. The Hall–Kier alpha value is -1.43. The molecule has 0 aliphatic carbocycles. The Balaban J connectivity index is 3.46. The van der Waals surface area contributed by atoms with Crippen LogP contribution >= 0.6 is 11.6 Å². The van der Waals surface area contributed by atoms with Gasteiger partial charge in [0.2, 0.25) is 5.43 Å². The van der Waals surface area contributed by atoms with Gasteiger partial charge in [-0.05, 0) is 11.6 Å². The Bertz CT molecular complexity index is 444. The molecule has 0 saturated carbocycles. The van der Waals surface area contributed by atoms with Gasteiger partial charge in [0.05, 0.1) is 7.11 Å². The van der Waals surface area contributed by atoms with E-state index >= 15 is 0 Å². The number of halogens is 3. The molecule has 1 N–H and O–H groups in total. The van der Waals surface area contributed by atoms with E-state index in [0.29, 0.717) is 0 Å². The van der Waals surface area contributed by atoms with Crippen LogP contribution in [0.25, 0.3) is 0 Å². The summed E-state index contributed by atoms with van der Waals surface area (Å²) in [6, 6.07) is 0.806. The van der Waals surface area contributed by atoms with Crippen LogP contribution < -0.4 is 10.2 Å². The smallest absolute Gasteiger partial charge is 0.282 e. The van der Waals surface area contributed by atoms with Gasteiger partial charge >= 0.3 is 0 Å². The molecule has 0 unspecified atom stereocenters. The number of alkyl halides is 2. The van der Waals surface area contributed by atoms with Crippen molar-refractivity contribution in [1.82, 2.24) is 4.98 Å². The zero-order valence-corrected chi connectivity index (χ0v) is 8.27. The van der Waals surface area contributed by atoms with Crippen molar-refractivity contribution in [3.63, 3.8) is 0 Å². The lowest BCUT2D eigenvalue weighted by molar-refractivity contribution is 0.107. The van der Waals surface area contributed by atoms with E-state index in [9.17, 15) is 18.4 Å². The van der Waals surface area contributed by atoms with Crippen LogP contribution in [0.15, 0.2) is 10.9 Å². The van der Waals surface area contributed by atoms with Gasteiger partial charge in [0.1, 0.15) is 11.4 Å². The maximum atomic E-state index is 12.4. The lowest BCUT2D eigenvalue weighted by atomic mass is 10.2. The predicted octanol–water partition coefficient (Wildman–Crippen LogP) is 1.70. The minimum atomic E-state index is -2.95. The summed E-state index contributed by atoms with van der Waals surface area (Å²) in [7, 11) is 1.08. The second kappa shape index (κ2) is 4.39. The molecule has 1 aromatic rings. The number of hydrogen-bond acceptors (Lipinski definition) is 3. The number of ether oxygens (including phenoxy) is 1. The predicted molar refractivity (Wildman–Crippen MR) is 48.8 cm³/mol. The van der Waals surface area contributed by atoms with Crippen molar-refractivity contribution < 1.29 is 18.3 Å². The molecule has 1 aromatic heterocycles. The average molecular weight is 238 g/mol. The summed E-state index contributed by atoms with van der Waals surface area (Å²) in [4.78, 5) is 23.9. The highest BCUT2D eigenvalue weighted by atomic mass is 35.5. The third-order valence-electron chi connectivity index (χ3n) is 1.65. The van der Waals surface area contributed by atoms with E-state index in [2.05, 4.69) is 4.74 Å². The van der Waals surface area contributed by atoms with Crippen LogP contribution in [0.2, 0.25) is 0 Å². The molecule has 7 heteroatoms. The Kier molecular flexibility index (Phi) is 3.41. The highest BCUT2D eigenvalue weighted by Crippen LogP contribution is 2.24. The van der Waals surface area contributed by atoms with E-state index in [4.69, 9.17) is 11.6 Å². The van der Waals surface area contributed by atoms with Crippen LogP contribution in [0.3, 0.4) is 0 Å². The molecule has 1 heterocycles. The Morgan fingerprint density at radius 3 is 2.60 bits per heavy atom. The number of aromatic nitrogens is 1. The molecule has 0 bridgehead atoms. The van der Waals surface area contributed by atoms with E-state index in [-0.39, 0.29) is 0 Å². The van der Waals surface area contributed by atoms with Gasteiger partial charge < -0.3 is 9.72 Å². The zero-order chi connectivity index (χ0) is 11.6. The van der Waals surface area contributed by atoms with E-state index in [0.717, 1.165) is 13.2 Å². The fourth-order valence-corrected chi connectivity index (χ4v) is 1.14. The summed E-state index contributed by atoms with van der Waals surface area (Å²) in [6.45, 7) is 0. The molecule has 1 rings (SSSR count). The van der Waals surface area contributed by atoms with Gasteiger partial charge in [-0.1, -0.05) is 0 Å². The minimum absolute atomic E-state index is 0.391. The standard InChI is InChI=1S/C8H6ClF2NO3/c1-15-6-4(13)2-3(7(9)14)12-5(6)8(10)11/h2,8H,1H3,(H,12,13). The normalized spacial score (nSPS) is 10.5. The largest absolute Gasteiger partial charge is 0.491 e. The second-order valence-corrected chi connectivity index (χ2v) is 2.91. The summed E-state index contributed by atoms with van der Waals surface area (Å²) in [5.74, 6) is -0.522. The van der Waals surface area contributed by atoms with Gasteiger partial charge in [0.25, 0.3) is 11.7 Å². The van der Waals surface area contributed by atoms with E-state index in [1.54, 1.807) is 0 Å². The molecule has 4 nitrogen and oxygen atoms in total. The lowest BCUT2D eigenvalue weighted by Crippen LogP contribution is -2.13. The molecule has 0 atom stereocenters. The molecular formula is C8H6ClF2NO3. The molecule has 0 spiro atoms. The number of methoxy groups -OCH3 is 1. The fourth-order valence-electron chi connectivity index (χ4n) is 1.04. The molecule has 0 radical (unpaired) electrons. The zero-order valence-electron chi connectivity index (χ0n) is 7.51. The number of H-pyrrole nitrogens is 1. The van der Waals surface area contributed by atoms with Crippen LogP contribution in [0, 0.1) is 0 Å². The second-order valence-electron chi connectivity index (χ2n) is 2.57. The van der Waals surface area contributed by atoms with Gasteiger partial charge in [-0.25, -0.2) is 8.78 Å². The maximum absolute atomic E-state index is 12.4. The van der Waals surface area contributed by atoms with Gasteiger partial charge in [-0.2, -0.15) is 0 Å². The van der Waals surface area contributed by atoms with Crippen molar-refractivity contribution in [2.24, 2.45) is 0 Å². The third-order valence-corrected chi connectivity index (χ3v) is 1.85. The molecule has 0 aliphatic rings. The van der Waals surface area contributed by atoms with Crippen LogP contribution in [0.5, 0.6) is 5.75 Å². The average Bonchev–Trinajstić information content (AvgIpc) is 2.16. The van der Waals surface area contributed by atoms with Gasteiger partial charge in [0, 0.05) is 6.07 Å². The quantitative estimate of drug-likeness (QED) is 0.814. The lowest BCUT2D eigenvalue weighted by Gasteiger charge is -2.07. The van der Waals surface area contributed by atoms with E-state index in [1.807, 2.05) is 4.98 Å². The Morgan fingerprint density at radius 2 is 2.20 bits per heavy atom. The number of pyridine rings is 1. The van der Waals surface area contributed by atoms with E-state index in [1.165, 1.54) is 0 Å². The monoisotopic (exact) mass is 237 g/mol. The van der Waals surface area contributed by atoms with Crippen molar-refractivity contribution in [2.75, 3.05) is 7.11 Å². The van der Waals surface area contributed by atoms with Crippen LogP contribution in [-0.4, -0.2) is 17.3 Å². The first-order chi connectivity index (χ1) is 6.97.